The topological polar surface area (TPSA) is 23.6 Å². The molecule has 22 heavy (non-hydrogen) atoms. The smallest absolute Gasteiger partial charge is 0.270 e. The van der Waals surface area contributed by atoms with Gasteiger partial charge >= 0.3 is 6.03 Å². The zero-order chi connectivity index (χ0) is 15.0. The highest BCUT2D eigenvalue weighted by Crippen LogP contribution is 2.41. The van der Waals surface area contributed by atoms with Gasteiger partial charge in [-0.15, -0.1) is 0 Å². The van der Waals surface area contributed by atoms with Gasteiger partial charge in [0.15, 0.2) is 0 Å². The summed E-state index contributed by atoms with van der Waals surface area (Å²) in [5.41, 5.74) is 4.62. The van der Waals surface area contributed by atoms with E-state index in [1.54, 1.807) is 9.80 Å². The molecule has 5 rings (SSSR count). The molecule has 5 heteroatoms. The van der Waals surface area contributed by atoms with Crippen molar-refractivity contribution in [3.05, 3.63) is 48.6 Å². The van der Waals surface area contributed by atoms with Crippen LogP contribution in [0.1, 0.15) is 0 Å². The number of hydrogen-bond acceptors (Lipinski definition) is 1. The first-order chi connectivity index (χ1) is 10.7. The average Bonchev–Trinajstić information content (AvgIpc) is 2.54. The molecule has 0 atom stereocenters. The quantitative estimate of drug-likeness (QED) is 0.681. The molecule has 0 unspecified atom stereocenters. The Bertz CT molecular complexity index is 850. The maximum Gasteiger partial charge on any atom is 0.337 e. The van der Waals surface area contributed by atoms with Crippen LogP contribution < -0.4 is 20.7 Å². The Kier molecular flexibility index (Phi) is 2.13. The van der Waals surface area contributed by atoms with Crippen LogP contribution in [0.3, 0.4) is 0 Å². The fourth-order valence-corrected chi connectivity index (χ4v) is 3.89. The third-order valence-electron chi connectivity index (χ3n) is 5.12. The maximum atomic E-state index is 12.9. The molecule has 0 aliphatic carbocycles. The predicted molar refractivity (Wildman–Crippen MR) is 95.1 cm³/mol. The second-order valence-corrected chi connectivity index (χ2v) is 6.39. The highest BCUT2D eigenvalue weighted by Gasteiger charge is 2.38. The molecule has 3 aliphatic rings. The van der Waals surface area contributed by atoms with E-state index in [4.69, 9.17) is 0 Å². The van der Waals surface area contributed by atoms with E-state index in [9.17, 15) is 4.79 Å². The predicted octanol–water partition coefficient (Wildman–Crippen LogP) is 2.38. The molecule has 2 aromatic rings. The van der Waals surface area contributed by atoms with Gasteiger partial charge in [0, 0.05) is 17.8 Å². The van der Waals surface area contributed by atoms with Crippen LogP contribution in [0.5, 0.6) is 0 Å². The van der Waals surface area contributed by atoms with Gasteiger partial charge in [0.05, 0.1) is 11.4 Å². The van der Waals surface area contributed by atoms with E-state index in [1.807, 2.05) is 12.4 Å². The molecule has 3 aliphatic heterocycles. The summed E-state index contributed by atoms with van der Waals surface area (Å²) in [4.78, 5) is 16.5. The first-order valence-corrected chi connectivity index (χ1v) is 7.75. The van der Waals surface area contributed by atoms with Gasteiger partial charge in [-0.2, -0.15) is 0 Å². The largest absolute Gasteiger partial charge is 0.337 e. The van der Waals surface area contributed by atoms with Crippen LogP contribution in [0.15, 0.2) is 48.6 Å². The number of carbonyl (C=O) groups excluding carboxylic acids is 1. The van der Waals surface area contributed by atoms with Crippen molar-refractivity contribution < 1.29 is 4.79 Å². The molecular weight excluding hydrogens is 270 g/mol. The number of anilines is 2. The molecule has 0 bridgehead atoms. The minimum Gasteiger partial charge on any atom is -0.270 e. The minimum absolute atomic E-state index is 0.0139. The molecule has 0 spiro atoms. The molecular formula is C17H14B2N2O. The normalized spacial score (nSPS) is 17.8. The Morgan fingerprint density at radius 2 is 1.32 bits per heavy atom. The molecule has 0 N–H and O–H groups in total. The first-order valence-electron chi connectivity index (χ1n) is 7.75. The summed E-state index contributed by atoms with van der Waals surface area (Å²) in [6, 6.07) is 8.70. The number of urea groups is 1. The van der Waals surface area contributed by atoms with E-state index in [2.05, 4.69) is 49.9 Å². The number of nitrogens with zero attached hydrogens (tertiary/aromatic N) is 2. The second-order valence-electron chi connectivity index (χ2n) is 6.39. The molecule has 3 heterocycles. The lowest BCUT2D eigenvalue weighted by Gasteiger charge is -2.40. The molecule has 2 amide bonds. The fourth-order valence-electron chi connectivity index (χ4n) is 3.89. The monoisotopic (exact) mass is 284 g/mol. The van der Waals surface area contributed by atoms with Crippen molar-refractivity contribution in [2.45, 2.75) is 13.6 Å². The lowest BCUT2D eigenvalue weighted by atomic mass is 9.44. The lowest BCUT2D eigenvalue weighted by molar-refractivity contribution is 0.255. The van der Waals surface area contributed by atoms with Crippen molar-refractivity contribution in [1.29, 1.82) is 0 Å². The Balaban J connectivity index is 2.00. The third kappa shape index (κ3) is 1.27. The van der Waals surface area contributed by atoms with Crippen molar-refractivity contribution in [1.82, 2.24) is 0 Å². The van der Waals surface area contributed by atoms with Crippen LogP contribution in [0.4, 0.5) is 16.2 Å². The van der Waals surface area contributed by atoms with E-state index in [1.165, 1.54) is 21.7 Å². The van der Waals surface area contributed by atoms with Gasteiger partial charge in [-0.25, -0.2) is 4.79 Å². The zero-order valence-corrected chi connectivity index (χ0v) is 12.6. The van der Waals surface area contributed by atoms with Crippen molar-refractivity contribution in [2.24, 2.45) is 0 Å². The standard InChI is InChI=1S/C17H14B2N2O/c1-18-7-9-20-15-12(18)5-3-11-4-6-13-16(14(11)15)21(17(20)22)10-8-19(13)2/h3-10H,1-2H3. The summed E-state index contributed by atoms with van der Waals surface area (Å²) in [5, 5.41) is 2.41. The third-order valence-corrected chi connectivity index (χ3v) is 5.12. The van der Waals surface area contributed by atoms with Gasteiger partial charge in [-0.3, -0.25) is 9.80 Å². The lowest BCUT2D eigenvalue weighted by Crippen LogP contribution is -2.51. The Morgan fingerprint density at radius 1 is 0.818 bits per heavy atom. The average molecular weight is 284 g/mol. The zero-order valence-electron chi connectivity index (χ0n) is 12.6. The summed E-state index contributed by atoms with van der Waals surface area (Å²) in [6.07, 6.45) is 3.85. The SMILES string of the molecule is CB1C=CN2C(=O)N3C=CB(C)c4ccc5ccc1c2c5c43. The van der Waals surface area contributed by atoms with Gasteiger partial charge in [0.1, 0.15) is 0 Å². The number of amides is 2. The van der Waals surface area contributed by atoms with Crippen LogP contribution in [0.2, 0.25) is 13.6 Å². The summed E-state index contributed by atoms with van der Waals surface area (Å²) in [5.74, 6) is 4.19. The number of hydrogen-bond donors (Lipinski definition) is 0. The van der Waals surface area contributed by atoms with Gasteiger partial charge in [0.25, 0.3) is 0 Å². The van der Waals surface area contributed by atoms with Crippen molar-refractivity contribution >= 4 is 52.5 Å². The van der Waals surface area contributed by atoms with Crippen LogP contribution in [-0.2, 0) is 0 Å². The van der Waals surface area contributed by atoms with E-state index in [-0.39, 0.29) is 6.03 Å². The van der Waals surface area contributed by atoms with Crippen LogP contribution in [0, 0.1) is 0 Å². The summed E-state index contributed by atoms with van der Waals surface area (Å²) < 4.78 is 0. The molecule has 0 saturated carbocycles. The number of rotatable bonds is 0. The number of carbonyl (C=O) groups is 1. The van der Waals surface area contributed by atoms with Crippen LogP contribution in [-0.4, -0.2) is 19.5 Å². The van der Waals surface area contributed by atoms with E-state index in [0.29, 0.717) is 13.4 Å². The Morgan fingerprint density at radius 3 is 1.82 bits per heavy atom. The molecule has 2 aromatic carbocycles. The highest BCUT2D eigenvalue weighted by molar-refractivity contribution is 6.81. The maximum absolute atomic E-state index is 12.9. The summed E-state index contributed by atoms with van der Waals surface area (Å²) >= 11 is 0. The van der Waals surface area contributed by atoms with E-state index < -0.39 is 0 Å². The second kappa shape index (κ2) is 3.86. The molecule has 0 radical (unpaired) electrons. The molecule has 0 saturated heterocycles. The molecule has 3 nitrogen and oxygen atoms in total. The highest BCUT2D eigenvalue weighted by atomic mass is 16.2. The summed E-state index contributed by atoms with van der Waals surface area (Å²) in [6.45, 7) is 5.03. The van der Waals surface area contributed by atoms with E-state index >= 15 is 0 Å². The van der Waals surface area contributed by atoms with Gasteiger partial charge in [0.2, 0.25) is 13.4 Å². The van der Waals surface area contributed by atoms with Gasteiger partial charge in [-0.05, 0) is 5.39 Å². The van der Waals surface area contributed by atoms with Crippen LogP contribution >= 0.6 is 0 Å². The van der Waals surface area contributed by atoms with Gasteiger partial charge < -0.3 is 0 Å². The van der Waals surface area contributed by atoms with Crippen molar-refractivity contribution in [3.63, 3.8) is 0 Å². The van der Waals surface area contributed by atoms with Crippen molar-refractivity contribution in [3.8, 4) is 0 Å². The molecule has 0 aromatic heterocycles. The summed E-state index contributed by atoms with van der Waals surface area (Å²) in [7, 11) is 0. The fraction of sp³-hybridized carbons (Fsp3) is 0.118. The molecule has 0 fully saturated rings. The number of benzene rings is 2. The minimum atomic E-state index is 0.0139. The van der Waals surface area contributed by atoms with Gasteiger partial charge in [-0.1, -0.05) is 60.8 Å². The first kappa shape index (κ1) is 12.2. The molecule has 104 valence electrons. The van der Waals surface area contributed by atoms with E-state index in [0.717, 1.165) is 11.4 Å². The Labute approximate surface area is 130 Å². The van der Waals surface area contributed by atoms with Crippen LogP contribution in [0.25, 0.3) is 10.8 Å². The Hall–Kier alpha value is -2.42. The van der Waals surface area contributed by atoms with Crippen molar-refractivity contribution in [2.75, 3.05) is 9.80 Å².